The van der Waals surface area contributed by atoms with Crippen LogP contribution < -0.4 is 0 Å². The topological polar surface area (TPSA) is 39.2 Å². The molecular weight excluding hydrogens is 350 g/mol. The van der Waals surface area contributed by atoms with E-state index >= 15 is 0 Å². The zero-order valence-electron chi connectivity index (χ0n) is 10.4. The first-order valence-corrected chi connectivity index (χ1v) is 7.61. The molecule has 0 radical (unpaired) electrons. The molecule has 2 aromatic rings. The zero-order chi connectivity index (χ0) is 14.0. The second-order valence-electron chi connectivity index (χ2n) is 3.77. The average Bonchev–Trinajstić information content (AvgIpc) is 2.75. The van der Waals surface area contributed by atoms with Gasteiger partial charge in [-0.1, -0.05) is 17.7 Å². The van der Waals surface area contributed by atoms with Crippen molar-refractivity contribution in [3.8, 4) is 10.6 Å². The van der Waals surface area contributed by atoms with Gasteiger partial charge in [0.25, 0.3) is 0 Å². The van der Waals surface area contributed by atoms with Crippen LogP contribution in [0, 0.1) is 6.92 Å². The van der Waals surface area contributed by atoms with Crippen molar-refractivity contribution in [2.75, 3.05) is 6.61 Å². The molecule has 3 nitrogen and oxygen atoms in total. The molecule has 0 aliphatic rings. The van der Waals surface area contributed by atoms with E-state index in [0.29, 0.717) is 17.3 Å². The van der Waals surface area contributed by atoms with Gasteiger partial charge in [0, 0.05) is 14.9 Å². The van der Waals surface area contributed by atoms with Gasteiger partial charge in [0.1, 0.15) is 5.01 Å². The molecule has 100 valence electrons. The van der Waals surface area contributed by atoms with E-state index in [0.717, 1.165) is 19.9 Å². The summed E-state index contributed by atoms with van der Waals surface area (Å²) in [4.78, 5) is 16.9. The summed E-state index contributed by atoms with van der Waals surface area (Å²) in [7, 11) is 0. The molecule has 0 bridgehead atoms. The van der Waals surface area contributed by atoms with Crippen LogP contribution >= 0.6 is 38.9 Å². The number of aryl methyl sites for hydroxylation is 1. The maximum absolute atomic E-state index is 11.7. The molecule has 0 aliphatic carbocycles. The van der Waals surface area contributed by atoms with Crippen LogP contribution in [-0.2, 0) is 4.74 Å². The summed E-state index contributed by atoms with van der Waals surface area (Å²) < 4.78 is 5.78. The fraction of sp³-hybridized carbons (Fsp3) is 0.231. The van der Waals surface area contributed by atoms with Crippen molar-refractivity contribution in [3.63, 3.8) is 0 Å². The number of carbonyl (C=O) groups excluding carboxylic acids is 1. The van der Waals surface area contributed by atoms with Gasteiger partial charge in [-0.25, -0.2) is 9.78 Å². The SMILES string of the molecule is CCOC(=O)c1nc(-c2ccc(Cl)c(Br)c2)sc1C. The van der Waals surface area contributed by atoms with Gasteiger partial charge < -0.3 is 4.74 Å². The van der Waals surface area contributed by atoms with Crippen molar-refractivity contribution < 1.29 is 9.53 Å². The molecule has 0 aliphatic heterocycles. The van der Waals surface area contributed by atoms with Gasteiger partial charge in [-0.15, -0.1) is 11.3 Å². The Balaban J connectivity index is 2.38. The fourth-order valence-corrected chi connectivity index (χ4v) is 2.93. The van der Waals surface area contributed by atoms with Crippen molar-refractivity contribution in [2.24, 2.45) is 0 Å². The number of rotatable bonds is 3. The standard InChI is InChI=1S/C13H11BrClNO2S/c1-3-18-13(17)11-7(2)19-12(16-11)8-4-5-10(15)9(14)6-8/h4-6H,3H2,1-2H3. The lowest BCUT2D eigenvalue weighted by Gasteiger charge is -1.99. The highest BCUT2D eigenvalue weighted by Crippen LogP contribution is 2.32. The highest BCUT2D eigenvalue weighted by molar-refractivity contribution is 9.10. The number of thiazole rings is 1. The molecule has 0 spiro atoms. The predicted molar refractivity (Wildman–Crippen MR) is 81.0 cm³/mol. The molecule has 0 unspecified atom stereocenters. The third kappa shape index (κ3) is 3.16. The van der Waals surface area contributed by atoms with E-state index in [9.17, 15) is 4.79 Å². The van der Waals surface area contributed by atoms with Crippen LogP contribution in [0.1, 0.15) is 22.3 Å². The largest absolute Gasteiger partial charge is 0.461 e. The number of carbonyl (C=O) groups is 1. The summed E-state index contributed by atoms with van der Waals surface area (Å²) >= 11 is 10.8. The molecule has 0 saturated carbocycles. The number of ether oxygens (including phenoxy) is 1. The van der Waals surface area contributed by atoms with Gasteiger partial charge >= 0.3 is 5.97 Å². The number of halogens is 2. The predicted octanol–water partition coefficient (Wildman–Crippen LogP) is 4.71. The molecule has 1 aromatic carbocycles. The maximum Gasteiger partial charge on any atom is 0.358 e. The van der Waals surface area contributed by atoms with Gasteiger partial charge in [0.05, 0.1) is 11.6 Å². The molecule has 6 heteroatoms. The third-order valence-electron chi connectivity index (χ3n) is 2.43. The van der Waals surface area contributed by atoms with Crippen LogP contribution in [0.15, 0.2) is 22.7 Å². The van der Waals surface area contributed by atoms with E-state index in [1.54, 1.807) is 13.0 Å². The highest BCUT2D eigenvalue weighted by Gasteiger charge is 2.17. The Morgan fingerprint density at radius 1 is 1.53 bits per heavy atom. The van der Waals surface area contributed by atoms with Gasteiger partial charge in [0.2, 0.25) is 0 Å². The molecule has 1 heterocycles. The third-order valence-corrected chi connectivity index (χ3v) is 4.67. The second kappa shape index (κ2) is 6.03. The summed E-state index contributed by atoms with van der Waals surface area (Å²) in [6.45, 7) is 3.98. The van der Waals surface area contributed by atoms with Crippen molar-refractivity contribution >= 4 is 44.8 Å². The van der Waals surface area contributed by atoms with Crippen molar-refractivity contribution in [3.05, 3.63) is 38.3 Å². The van der Waals surface area contributed by atoms with E-state index < -0.39 is 0 Å². The lowest BCUT2D eigenvalue weighted by Crippen LogP contribution is -2.06. The smallest absolute Gasteiger partial charge is 0.358 e. The number of hydrogen-bond donors (Lipinski definition) is 0. The molecular formula is C13H11BrClNO2S. The van der Waals surface area contributed by atoms with Gasteiger partial charge in [-0.2, -0.15) is 0 Å². The summed E-state index contributed by atoms with van der Waals surface area (Å²) in [6, 6.07) is 5.55. The quantitative estimate of drug-likeness (QED) is 0.744. The number of aromatic nitrogens is 1. The molecule has 0 atom stereocenters. The molecule has 0 N–H and O–H groups in total. The molecule has 2 rings (SSSR count). The molecule has 0 fully saturated rings. The van der Waals surface area contributed by atoms with Crippen molar-refractivity contribution in [1.82, 2.24) is 4.98 Å². The Morgan fingerprint density at radius 2 is 2.26 bits per heavy atom. The Bertz CT molecular complexity index is 627. The Morgan fingerprint density at radius 3 is 2.89 bits per heavy atom. The minimum Gasteiger partial charge on any atom is -0.461 e. The van der Waals surface area contributed by atoms with E-state index in [2.05, 4.69) is 20.9 Å². The van der Waals surface area contributed by atoms with E-state index in [1.807, 2.05) is 19.1 Å². The normalized spacial score (nSPS) is 10.5. The fourth-order valence-electron chi connectivity index (χ4n) is 1.54. The molecule has 1 aromatic heterocycles. The van der Waals surface area contributed by atoms with Crippen LogP contribution in [0.2, 0.25) is 5.02 Å². The van der Waals surface area contributed by atoms with Crippen LogP contribution in [0.4, 0.5) is 0 Å². The van der Waals surface area contributed by atoms with E-state index in [-0.39, 0.29) is 5.97 Å². The minimum absolute atomic E-state index is 0.345. The van der Waals surface area contributed by atoms with Gasteiger partial charge in [-0.3, -0.25) is 0 Å². The Labute approximate surface area is 128 Å². The number of nitrogens with zero attached hydrogens (tertiary/aromatic N) is 1. The van der Waals surface area contributed by atoms with Crippen molar-refractivity contribution in [2.45, 2.75) is 13.8 Å². The highest BCUT2D eigenvalue weighted by atomic mass is 79.9. The zero-order valence-corrected chi connectivity index (χ0v) is 13.5. The first kappa shape index (κ1) is 14.5. The van der Waals surface area contributed by atoms with Gasteiger partial charge in [-0.05, 0) is 41.9 Å². The lowest BCUT2D eigenvalue weighted by molar-refractivity contribution is 0.0519. The van der Waals surface area contributed by atoms with Crippen LogP contribution in [0.25, 0.3) is 10.6 Å². The Hall–Kier alpha value is -0.910. The van der Waals surface area contributed by atoms with Crippen molar-refractivity contribution in [1.29, 1.82) is 0 Å². The first-order valence-electron chi connectivity index (χ1n) is 5.63. The van der Waals surface area contributed by atoms with E-state index in [1.165, 1.54) is 11.3 Å². The number of hydrogen-bond acceptors (Lipinski definition) is 4. The number of esters is 1. The second-order valence-corrected chi connectivity index (χ2v) is 6.24. The molecule has 0 amide bonds. The number of benzene rings is 1. The summed E-state index contributed by atoms with van der Waals surface area (Å²) in [5.41, 5.74) is 1.30. The average molecular weight is 361 g/mol. The van der Waals surface area contributed by atoms with E-state index in [4.69, 9.17) is 16.3 Å². The van der Waals surface area contributed by atoms with Crippen LogP contribution in [-0.4, -0.2) is 17.6 Å². The summed E-state index contributed by atoms with van der Waals surface area (Å²) in [6.07, 6.45) is 0. The summed E-state index contributed by atoms with van der Waals surface area (Å²) in [5, 5.41) is 1.42. The minimum atomic E-state index is -0.379. The first-order chi connectivity index (χ1) is 9.02. The van der Waals surface area contributed by atoms with Gasteiger partial charge in [0.15, 0.2) is 5.69 Å². The van der Waals surface area contributed by atoms with Crippen LogP contribution in [0.5, 0.6) is 0 Å². The van der Waals surface area contributed by atoms with Crippen LogP contribution in [0.3, 0.4) is 0 Å². The monoisotopic (exact) mass is 359 g/mol. The molecule has 19 heavy (non-hydrogen) atoms. The maximum atomic E-state index is 11.7. The Kier molecular flexibility index (Phi) is 4.60. The summed E-state index contributed by atoms with van der Waals surface area (Å²) in [5.74, 6) is -0.379. The molecule has 0 saturated heterocycles. The lowest BCUT2D eigenvalue weighted by atomic mass is 10.2.